The fraction of sp³-hybridized carbons (Fsp3) is 0.619. The summed E-state index contributed by atoms with van der Waals surface area (Å²) in [6, 6.07) is 10.2. The number of ether oxygens (including phenoxy) is 1. The predicted molar refractivity (Wildman–Crippen MR) is 96.1 cm³/mol. The first kappa shape index (κ1) is 18.2. The molecule has 1 aromatic rings. The molecule has 0 heterocycles. The van der Waals surface area contributed by atoms with Crippen LogP contribution in [0.3, 0.4) is 0 Å². The highest BCUT2D eigenvalue weighted by Crippen LogP contribution is 2.33. The van der Waals surface area contributed by atoms with E-state index in [0.29, 0.717) is 12.5 Å². The highest BCUT2D eigenvalue weighted by Gasteiger charge is 2.33. The van der Waals surface area contributed by atoms with Crippen LogP contribution in [-0.2, 0) is 11.3 Å². The van der Waals surface area contributed by atoms with Gasteiger partial charge in [0.15, 0.2) is 0 Å². The Morgan fingerprint density at radius 2 is 1.83 bits per heavy atom. The molecule has 0 saturated heterocycles. The van der Waals surface area contributed by atoms with Crippen molar-refractivity contribution in [1.29, 1.82) is 0 Å². The van der Waals surface area contributed by atoms with E-state index < -0.39 is 0 Å². The first-order valence-corrected chi connectivity index (χ1v) is 9.09. The summed E-state index contributed by atoms with van der Waals surface area (Å²) in [6.07, 6.45) is 7.79. The van der Waals surface area contributed by atoms with E-state index in [4.69, 9.17) is 4.74 Å². The van der Waals surface area contributed by atoms with Gasteiger partial charge in [-0.05, 0) is 24.3 Å². The zero-order valence-corrected chi connectivity index (χ0v) is 14.7. The van der Waals surface area contributed by atoms with Crippen molar-refractivity contribution in [3.63, 3.8) is 0 Å². The van der Waals surface area contributed by atoms with Gasteiger partial charge in [-0.1, -0.05) is 69.5 Å². The van der Waals surface area contributed by atoms with Gasteiger partial charge in [-0.3, -0.25) is 0 Å². The molecular weight excluding hydrogens is 284 g/mol. The third-order valence-electron chi connectivity index (χ3n) is 5.36. The van der Waals surface area contributed by atoms with Gasteiger partial charge in [0, 0.05) is 11.8 Å². The topological polar surface area (TPSA) is 29.5 Å². The zero-order chi connectivity index (χ0) is 16.7. The summed E-state index contributed by atoms with van der Waals surface area (Å²) < 4.78 is 6.22. The van der Waals surface area contributed by atoms with E-state index in [0.717, 1.165) is 12.8 Å². The third kappa shape index (κ3) is 5.19. The fourth-order valence-electron chi connectivity index (χ4n) is 3.78. The molecule has 0 aliphatic heterocycles. The minimum absolute atomic E-state index is 0.00429. The van der Waals surface area contributed by atoms with E-state index in [1.165, 1.54) is 24.8 Å². The smallest absolute Gasteiger partial charge is 0.0721 e. The molecule has 0 bridgehead atoms. The predicted octanol–water partition coefficient (Wildman–Crippen LogP) is 4.97. The lowest BCUT2D eigenvalue weighted by Gasteiger charge is -2.36. The van der Waals surface area contributed by atoms with E-state index >= 15 is 0 Å². The summed E-state index contributed by atoms with van der Waals surface area (Å²) >= 11 is 0. The maximum Gasteiger partial charge on any atom is 0.0721 e. The molecule has 0 amide bonds. The van der Waals surface area contributed by atoms with Gasteiger partial charge in [-0.2, -0.15) is 0 Å². The van der Waals surface area contributed by atoms with Crippen molar-refractivity contribution in [2.75, 3.05) is 0 Å². The molecule has 1 saturated carbocycles. The monoisotopic (exact) mass is 316 g/mol. The van der Waals surface area contributed by atoms with Crippen molar-refractivity contribution in [2.45, 2.75) is 64.8 Å². The number of aliphatic hydroxyl groups excluding tert-OH is 1. The standard InChI is InChI=1S/C21H32O2/c1-4-16(2)21(23-15-18-11-7-5-8-12-18)17(3)20(22)19-13-9-6-10-14-19/h4-5,7-8,11-12,16-17,19-22H,1,6,9-10,13-15H2,2-3H3/t16-,17+,20-,21-/m0/s1. The highest BCUT2D eigenvalue weighted by atomic mass is 16.5. The molecule has 1 fully saturated rings. The Kier molecular flexibility index (Phi) is 7.32. The van der Waals surface area contributed by atoms with Gasteiger partial charge in [0.2, 0.25) is 0 Å². The van der Waals surface area contributed by atoms with Gasteiger partial charge in [-0.25, -0.2) is 0 Å². The van der Waals surface area contributed by atoms with Crippen LogP contribution in [0.2, 0.25) is 0 Å². The maximum atomic E-state index is 10.8. The number of hydrogen-bond donors (Lipinski definition) is 1. The summed E-state index contributed by atoms with van der Waals surface area (Å²) in [6.45, 7) is 8.78. The van der Waals surface area contributed by atoms with Crippen molar-refractivity contribution in [3.05, 3.63) is 48.6 Å². The molecule has 128 valence electrons. The Hall–Kier alpha value is -1.12. The van der Waals surface area contributed by atoms with Gasteiger partial charge in [0.25, 0.3) is 0 Å². The second-order valence-electron chi connectivity index (χ2n) is 7.10. The quantitative estimate of drug-likeness (QED) is 0.686. The molecule has 23 heavy (non-hydrogen) atoms. The fourth-order valence-corrected chi connectivity index (χ4v) is 3.78. The molecule has 2 nitrogen and oxygen atoms in total. The van der Waals surface area contributed by atoms with Gasteiger partial charge in [0.05, 0.1) is 18.8 Å². The Morgan fingerprint density at radius 1 is 1.17 bits per heavy atom. The molecule has 0 spiro atoms. The van der Waals surface area contributed by atoms with Gasteiger partial charge < -0.3 is 9.84 Å². The second kappa shape index (κ2) is 9.24. The van der Waals surface area contributed by atoms with Crippen LogP contribution in [0.5, 0.6) is 0 Å². The van der Waals surface area contributed by atoms with Crippen molar-refractivity contribution in [1.82, 2.24) is 0 Å². The lowest BCUT2D eigenvalue weighted by molar-refractivity contribution is -0.0747. The van der Waals surface area contributed by atoms with E-state index in [1.54, 1.807) is 0 Å². The molecule has 1 N–H and O–H groups in total. The Morgan fingerprint density at radius 3 is 2.43 bits per heavy atom. The lowest BCUT2D eigenvalue weighted by Crippen LogP contribution is -2.40. The Balaban J connectivity index is 1.99. The molecule has 1 aliphatic carbocycles. The van der Waals surface area contributed by atoms with E-state index in [2.05, 4.69) is 32.6 Å². The number of aliphatic hydroxyl groups is 1. The minimum Gasteiger partial charge on any atom is -0.392 e. The second-order valence-corrected chi connectivity index (χ2v) is 7.10. The molecule has 4 atom stereocenters. The molecule has 0 aromatic heterocycles. The van der Waals surface area contributed by atoms with E-state index in [1.807, 2.05) is 24.3 Å². The van der Waals surface area contributed by atoms with Crippen molar-refractivity contribution in [2.24, 2.45) is 17.8 Å². The summed E-state index contributed by atoms with van der Waals surface area (Å²) in [5.41, 5.74) is 1.17. The Labute approximate surface area is 141 Å². The average molecular weight is 316 g/mol. The first-order valence-electron chi connectivity index (χ1n) is 9.09. The van der Waals surface area contributed by atoms with Crippen molar-refractivity contribution < 1.29 is 9.84 Å². The summed E-state index contributed by atoms with van der Waals surface area (Å²) in [4.78, 5) is 0. The lowest BCUT2D eigenvalue weighted by atomic mass is 9.77. The van der Waals surface area contributed by atoms with Crippen LogP contribution < -0.4 is 0 Å². The van der Waals surface area contributed by atoms with Crippen molar-refractivity contribution in [3.8, 4) is 0 Å². The molecular formula is C21H32O2. The molecule has 2 rings (SSSR count). The largest absolute Gasteiger partial charge is 0.392 e. The van der Waals surface area contributed by atoms with Crippen LogP contribution in [0.25, 0.3) is 0 Å². The summed E-state index contributed by atoms with van der Waals surface area (Å²) in [7, 11) is 0. The van der Waals surface area contributed by atoms with Crippen LogP contribution in [0.4, 0.5) is 0 Å². The summed E-state index contributed by atoms with van der Waals surface area (Å²) in [5.74, 6) is 0.778. The van der Waals surface area contributed by atoms with E-state index in [9.17, 15) is 5.11 Å². The van der Waals surface area contributed by atoms with Crippen LogP contribution in [0.1, 0.15) is 51.5 Å². The van der Waals surface area contributed by atoms with Gasteiger partial charge in [-0.15, -0.1) is 6.58 Å². The SMILES string of the molecule is C=C[C@H](C)[C@H](OCc1ccccc1)[C@H](C)[C@H](O)C1CCCCC1. The molecule has 2 heteroatoms. The van der Waals surface area contributed by atoms with Crippen molar-refractivity contribution >= 4 is 0 Å². The molecule has 0 radical (unpaired) electrons. The number of rotatable bonds is 8. The molecule has 0 unspecified atom stereocenters. The molecule has 1 aliphatic rings. The normalized spacial score (nSPS) is 21.3. The van der Waals surface area contributed by atoms with Crippen LogP contribution >= 0.6 is 0 Å². The van der Waals surface area contributed by atoms with Crippen LogP contribution in [0.15, 0.2) is 43.0 Å². The minimum atomic E-state index is -0.279. The number of hydrogen-bond acceptors (Lipinski definition) is 2. The van der Waals surface area contributed by atoms with Crippen LogP contribution in [-0.4, -0.2) is 17.3 Å². The highest BCUT2D eigenvalue weighted by molar-refractivity contribution is 5.13. The van der Waals surface area contributed by atoms with Gasteiger partial charge in [0.1, 0.15) is 0 Å². The average Bonchev–Trinajstić information content (AvgIpc) is 2.62. The first-order chi connectivity index (χ1) is 11.1. The molecule has 1 aromatic carbocycles. The number of benzene rings is 1. The third-order valence-corrected chi connectivity index (χ3v) is 5.36. The Bertz CT molecular complexity index is 450. The maximum absolute atomic E-state index is 10.8. The zero-order valence-electron chi connectivity index (χ0n) is 14.7. The van der Waals surface area contributed by atoms with Gasteiger partial charge >= 0.3 is 0 Å². The van der Waals surface area contributed by atoms with E-state index in [-0.39, 0.29) is 24.0 Å². The van der Waals surface area contributed by atoms with Crippen LogP contribution in [0, 0.1) is 17.8 Å². The summed E-state index contributed by atoms with van der Waals surface area (Å²) in [5, 5.41) is 10.8.